The third-order valence-corrected chi connectivity index (χ3v) is 3.97. The Morgan fingerprint density at radius 3 is 2.08 bits per heavy atom. The van der Waals surface area contributed by atoms with Crippen LogP contribution in [-0.2, 0) is 23.1 Å². The lowest BCUT2D eigenvalue weighted by Crippen LogP contribution is -3.00. The molecule has 0 saturated carbocycles. The average Bonchev–Trinajstić information content (AvgIpc) is 2.93. The molecule has 0 aliphatic heterocycles. The summed E-state index contributed by atoms with van der Waals surface area (Å²) >= 11 is 0. The highest BCUT2D eigenvalue weighted by Crippen LogP contribution is 2.10. The summed E-state index contributed by atoms with van der Waals surface area (Å²) in [5, 5.41) is 0. The van der Waals surface area contributed by atoms with Crippen LogP contribution in [0.5, 0.6) is 0 Å². The summed E-state index contributed by atoms with van der Waals surface area (Å²) in [7, 11) is 2.06. The number of nitrogens with zero attached hydrogens (tertiary/aromatic N) is 2. The minimum Gasteiger partial charge on any atom is -1.00 e. The number of imidazole rings is 1. The van der Waals surface area contributed by atoms with Crippen molar-refractivity contribution in [2.45, 2.75) is 71.3 Å². The van der Waals surface area contributed by atoms with Crippen LogP contribution in [-0.4, -0.2) is 17.1 Å². The standard InChI is InChI=1S/C19H33N2O2.BrH/c1-18(2)19(22)23-16-12-10-8-6-4-5-7-9-11-13-21-15-14-20(3)17-21;/h14-15,17H,1,4-13,16H2,2-3H3;1H/q+1;/p-1. The van der Waals surface area contributed by atoms with Gasteiger partial charge >= 0.3 is 5.97 Å². The van der Waals surface area contributed by atoms with Gasteiger partial charge in [0.1, 0.15) is 12.4 Å². The Kier molecular flexibility index (Phi) is 13.6. The fourth-order valence-electron chi connectivity index (χ4n) is 2.56. The van der Waals surface area contributed by atoms with Gasteiger partial charge in [0.05, 0.1) is 20.2 Å². The summed E-state index contributed by atoms with van der Waals surface area (Å²) in [6, 6.07) is 0. The van der Waals surface area contributed by atoms with E-state index in [1.165, 1.54) is 44.9 Å². The first kappa shape index (κ1) is 22.9. The van der Waals surface area contributed by atoms with Crippen molar-refractivity contribution < 1.29 is 31.1 Å². The first-order valence-corrected chi connectivity index (χ1v) is 8.93. The normalized spacial score (nSPS) is 10.2. The lowest BCUT2D eigenvalue weighted by atomic mass is 10.1. The molecule has 0 N–H and O–H groups in total. The van der Waals surface area contributed by atoms with Gasteiger partial charge in [-0.15, -0.1) is 0 Å². The summed E-state index contributed by atoms with van der Waals surface area (Å²) in [4.78, 5) is 11.2. The molecule has 0 aliphatic carbocycles. The number of ether oxygens (including phenoxy) is 1. The van der Waals surface area contributed by atoms with Gasteiger partial charge in [-0.1, -0.05) is 45.1 Å². The van der Waals surface area contributed by atoms with Crippen LogP contribution in [0.1, 0.15) is 64.7 Å². The van der Waals surface area contributed by atoms with Gasteiger partial charge in [-0.2, -0.15) is 0 Å². The van der Waals surface area contributed by atoms with Crippen molar-refractivity contribution in [1.29, 1.82) is 0 Å². The van der Waals surface area contributed by atoms with E-state index in [0.29, 0.717) is 12.2 Å². The molecule has 0 atom stereocenters. The Morgan fingerprint density at radius 2 is 1.58 bits per heavy atom. The molecule has 1 heterocycles. The van der Waals surface area contributed by atoms with Crippen molar-refractivity contribution >= 4 is 5.97 Å². The number of hydrogen-bond donors (Lipinski definition) is 0. The minimum atomic E-state index is -0.265. The molecule has 0 aliphatic rings. The van der Waals surface area contributed by atoms with Crippen LogP contribution in [0.4, 0.5) is 0 Å². The number of esters is 1. The Hall–Kier alpha value is -1.10. The number of halogens is 1. The number of carbonyl (C=O) groups excluding carboxylic acids is 1. The van der Waals surface area contributed by atoms with Crippen LogP contribution in [0.2, 0.25) is 0 Å². The van der Waals surface area contributed by atoms with Crippen LogP contribution >= 0.6 is 0 Å². The number of carbonyl (C=O) groups is 1. The second kappa shape index (κ2) is 14.3. The zero-order chi connectivity index (χ0) is 16.9. The van der Waals surface area contributed by atoms with Crippen molar-refractivity contribution in [3.63, 3.8) is 0 Å². The molecule has 0 unspecified atom stereocenters. The van der Waals surface area contributed by atoms with Crippen molar-refractivity contribution in [1.82, 2.24) is 4.57 Å². The van der Waals surface area contributed by atoms with Gasteiger partial charge in [0.2, 0.25) is 6.33 Å². The predicted molar refractivity (Wildman–Crippen MR) is 92.9 cm³/mol. The van der Waals surface area contributed by atoms with Crippen molar-refractivity contribution in [3.05, 3.63) is 30.9 Å². The largest absolute Gasteiger partial charge is 1.00 e. The number of aromatic nitrogens is 2. The minimum absolute atomic E-state index is 0. The lowest BCUT2D eigenvalue weighted by molar-refractivity contribution is -0.671. The summed E-state index contributed by atoms with van der Waals surface area (Å²) in [5.74, 6) is -0.265. The van der Waals surface area contributed by atoms with E-state index in [4.69, 9.17) is 4.74 Å². The quantitative estimate of drug-likeness (QED) is 0.214. The molecular weight excluding hydrogens is 368 g/mol. The highest BCUT2D eigenvalue weighted by Gasteiger charge is 2.02. The van der Waals surface area contributed by atoms with Crippen LogP contribution in [0.15, 0.2) is 30.9 Å². The molecule has 24 heavy (non-hydrogen) atoms. The fourth-order valence-corrected chi connectivity index (χ4v) is 2.56. The third kappa shape index (κ3) is 11.4. The first-order valence-electron chi connectivity index (χ1n) is 8.93. The van der Waals surface area contributed by atoms with Gasteiger partial charge in [0.25, 0.3) is 0 Å². The number of unbranched alkanes of at least 4 members (excludes halogenated alkanes) is 8. The molecule has 5 heteroatoms. The number of aryl methyl sites for hydroxylation is 2. The van der Waals surface area contributed by atoms with Crippen LogP contribution in [0.25, 0.3) is 0 Å². The zero-order valence-corrected chi connectivity index (χ0v) is 16.9. The topological polar surface area (TPSA) is 35.1 Å². The van der Waals surface area contributed by atoms with E-state index >= 15 is 0 Å². The van der Waals surface area contributed by atoms with E-state index < -0.39 is 0 Å². The van der Waals surface area contributed by atoms with E-state index in [1.54, 1.807) is 6.92 Å². The molecule has 0 radical (unpaired) electrons. The highest BCUT2D eigenvalue weighted by atomic mass is 79.9. The molecule has 0 saturated heterocycles. The van der Waals surface area contributed by atoms with Crippen LogP contribution < -0.4 is 21.5 Å². The molecular formula is C19H33BrN2O2. The highest BCUT2D eigenvalue weighted by molar-refractivity contribution is 5.86. The van der Waals surface area contributed by atoms with Gasteiger partial charge in [-0.05, 0) is 26.2 Å². The Balaban J connectivity index is 0.00000529. The number of rotatable bonds is 13. The average molecular weight is 401 g/mol. The maximum atomic E-state index is 11.2. The first-order chi connectivity index (χ1) is 11.1. The van der Waals surface area contributed by atoms with Gasteiger partial charge in [-0.3, -0.25) is 0 Å². The smallest absolute Gasteiger partial charge is 0.333 e. The molecule has 0 aromatic carbocycles. The Morgan fingerprint density at radius 1 is 1.04 bits per heavy atom. The molecule has 4 nitrogen and oxygen atoms in total. The summed E-state index contributed by atoms with van der Waals surface area (Å²) in [5.41, 5.74) is 0.482. The summed E-state index contributed by atoms with van der Waals surface area (Å²) in [6.45, 7) is 6.91. The molecule has 0 fully saturated rings. The van der Waals surface area contributed by atoms with E-state index in [1.807, 2.05) is 0 Å². The summed E-state index contributed by atoms with van der Waals surface area (Å²) in [6.07, 6.45) is 17.6. The monoisotopic (exact) mass is 400 g/mol. The predicted octanol–water partition coefficient (Wildman–Crippen LogP) is 0.947. The van der Waals surface area contributed by atoms with Crippen molar-refractivity contribution in [2.24, 2.45) is 7.05 Å². The number of hydrogen-bond acceptors (Lipinski definition) is 2. The van der Waals surface area contributed by atoms with Gasteiger partial charge < -0.3 is 21.7 Å². The second-order valence-electron chi connectivity index (χ2n) is 6.42. The zero-order valence-electron chi connectivity index (χ0n) is 15.3. The fraction of sp³-hybridized carbons (Fsp3) is 0.684. The summed E-state index contributed by atoms with van der Waals surface area (Å²) < 4.78 is 9.40. The third-order valence-electron chi connectivity index (χ3n) is 3.97. The van der Waals surface area contributed by atoms with E-state index in [9.17, 15) is 4.79 Å². The Bertz CT molecular complexity index is 472. The van der Waals surface area contributed by atoms with E-state index in [0.717, 1.165) is 19.4 Å². The Labute approximate surface area is 157 Å². The van der Waals surface area contributed by atoms with E-state index in [2.05, 4.69) is 41.5 Å². The molecule has 0 amide bonds. The van der Waals surface area contributed by atoms with Crippen molar-refractivity contribution in [2.75, 3.05) is 6.61 Å². The molecule has 1 aromatic heterocycles. The van der Waals surface area contributed by atoms with Gasteiger partial charge in [0, 0.05) is 5.57 Å². The SMILES string of the molecule is C=C(C)C(=O)OCCCCCCCCCCCn1cc[n+](C)c1.[Br-]. The van der Waals surface area contributed by atoms with Gasteiger partial charge in [-0.25, -0.2) is 13.9 Å². The molecule has 0 bridgehead atoms. The molecule has 1 aromatic rings. The molecule has 1 rings (SSSR count). The van der Waals surface area contributed by atoms with E-state index in [-0.39, 0.29) is 23.0 Å². The van der Waals surface area contributed by atoms with Gasteiger partial charge in [0.15, 0.2) is 0 Å². The second-order valence-corrected chi connectivity index (χ2v) is 6.42. The van der Waals surface area contributed by atoms with Crippen LogP contribution in [0, 0.1) is 0 Å². The molecule has 0 spiro atoms. The lowest BCUT2D eigenvalue weighted by Gasteiger charge is -2.04. The maximum Gasteiger partial charge on any atom is 0.333 e. The molecule has 138 valence electrons. The van der Waals surface area contributed by atoms with Crippen molar-refractivity contribution in [3.8, 4) is 0 Å². The maximum absolute atomic E-state index is 11.2. The van der Waals surface area contributed by atoms with Crippen LogP contribution in [0.3, 0.4) is 0 Å².